The largest absolute Gasteiger partial charge is 0.332 e. The molecule has 174 valence electrons. The molecule has 0 bridgehead atoms. The number of halogens is 1. The Labute approximate surface area is 200 Å². The predicted molar refractivity (Wildman–Crippen MR) is 133 cm³/mol. The van der Waals surface area contributed by atoms with Gasteiger partial charge in [-0.1, -0.05) is 41.9 Å². The molecule has 1 aliphatic heterocycles. The molecule has 34 heavy (non-hydrogen) atoms. The van der Waals surface area contributed by atoms with Crippen molar-refractivity contribution in [2.24, 2.45) is 26.1 Å². The molecule has 1 amide bonds. The third-order valence-electron chi connectivity index (χ3n) is 5.69. The van der Waals surface area contributed by atoms with Gasteiger partial charge in [-0.15, -0.1) is 0 Å². The summed E-state index contributed by atoms with van der Waals surface area (Å²) < 4.78 is 4.04. The first-order valence-corrected chi connectivity index (χ1v) is 10.8. The maximum absolute atomic E-state index is 12.0. The summed E-state index contributed by atoms with van der Waals surface area (Å²) in [6, 6.07) is 15.3. The number of likely N-dealkylation sites (N-methyl/N-ethyl adjacent to an activating group) is 1. The molecular weight excluding hydrogens is 456 g/mol. The number of carbonyl (C=O) groups is 1. The minimum atomic E-state index is -0.360. The summed E-state index contributed by atoms with van der Waals surface area (Å²) in [7, 11) is 6.54. The maximum Gasteiger partial charge on any atom is 0.332 e. The van der Waals surface area contributed by atoms with E-state index in [9.17, 15) is 14.4 Å². The Morgan fingerprint density at radius 2 is 1.62 bits per heavy atom. The molecule has 0 aliphatic carbocycles. The lowest BCUT2D eigenvalue weighted by Crippen LogP contribution is -2.37. The van der Waals surface area contributed by atoms with E-state index < -0.39 is 0 Å². The standard InChI is InChI=1S/C16H13ClN2O.C8H10N4O2/c1-19-14-8-7-12(17)9-13(14)16(18-10-15(19)20)11-5-3-2-4-6-11;1-10-4-9-6-5(10)7(13)12(3)8(14)11(6)2/h2-9H,10H2,1H3;4H,1-3H3. The Kier molecular flexibility index (Phi) is 6.21. The van der Waals surface area contributed by atoms with E-state index in [1.807, 2.05) is 42.5 Å². The fraction of sp³-hybridized carbons (Fsp3) is 0.208. The molecule has 9 nitrogen and oxygen atoms in total. The van der Waals surface area contributed by atoms with E-state index in [0.29, 0.717) is 16.2 Å². The van der Waals surface area contributed by atoms with E-state index in [1.165, 1.54) is 17.9 Å². The zero-order valence-electron chi connectivity index (χ0n) is 19.2. The summed E-state index contributed by atoms with van der Waals surface area (Å²) in [6.45, 7) is 0.146. The van der Waals surface area contributed by atoms with Crippen molar-refractivity contribution >= 4 is 40.1 Å². The number of benzodiazepines with no additional fused rings is 1. The van der Waals surface area contributed by atoms with Gasteiger partial charge in [0.15, 0.2) is 11.2 Å². The number of fused-ring (bicyclic) bond motifs is 2. The minimum Gasteiger partial charge on any atom is -0.328 e. The van der Waals surface area contributed by atoms with Crippen LogP contribution in [0.3, 0.4) is 0 Å². The molecule has 10 heteroatoms. The van der Waals surface area contributed by atoms with Crippen LogP contribution >= 0.6 is 11.6 Å². The van der Waals surface area contributed by atoms with Gasteiger partial charge in [0.05, 0.1) is 17.7 Å². The van der Waals surface area contributed by atoms with Gasteiger partial charge in [0.2, 0.25) is 5.91 Å². The van der Waals surface area contributed by atoms with Crippen LogP contribution in [0.2, 0.25) is 5.02 Å². The van der Waals surface area contributed by atoms with Crippen LogP contribution in [0.1, 0.15) is 11.1 Å². The van der Waals surface area contributed by atoms with E-state index in [0.717, 1.165) is 27.1 Å². The van der Waals surface area contributed by atoms with Crippen LogP contribution in [-0.2, 0) is 25.9 Å². The Morgan fingerprint density at radius 1 is 0.912 bits per heavy atom. The van der Waals surface area contributed by atoms with Gasteiger partial charge < -0.3 is 9.47 Å². The molecule has 1 aliphatic rings. The highest BCUT2D eigenvalue weighted by Crippen LogP contribution is 2.28. The molecule has 3 heterocycles. The number of aromatic nitrogens is 4. The fourth-order valence-corrected chi connectivity index (χ4v) is 3.95. The number of anilines is 1. The van der Waals surface area contributed by atoms with Crippen molar-refractivity contribution in [2.75, 3.05) is 18.5 Å². The summed E-state index contributed by atoms with van der Waals surface area (Å²) in [5, 5.41) is 0.634. The van der Waals surface area contributed by atoms with E-state index in [2.05, 4.69) is 9.98 Å². The second-order valence-corrected chi connectivity index (χ2v) is 8.31. The number of aliphatic imine (C=N–C) groups is 1. The Hall–Kier alpha value is -3.98. The van der Waals surface area contributed by atoms with Crippen molar-refractivity contribution in [1.82, 2.24) is 18.7 Å². The highest BCUT2D eigenvalue weighted by atomic mass is 35.5. The number of carbonyl (C=O) groups excluding carboxylic acids is 1. The van der Waals surface area contributed by atoms with Gasteiger partial charge in [0, 0.05) is 44.3 Å². The fourth-order valence-electron chi connectivity index (χ4n) is 3.78. The third kappa shape index (κ3) is 4.06. The molecule has 0 spiro atoms. The number of aryl methyl sites for hydroxylation is 2. The summed E-state index contributed by atoms with van der Waals surface area (Å²) in [5.41, 5.74) is 3.69. The number of benzene rings is 2. The quantitative estimate of drug-likeness (QED) is 0.419. The lowest BCUT2D eigenvalue weighted by Gasteiger charge is -2.18. The maximum atomic E-state index is 12.0. The van der Waals surface area contributed by atoms with E-state index >= 15 is 0 Å². The SMILES string of the molecule is CN1C(=O)CN=C(c2ccccc2)c2cc(Cl)ccc21.Cn1c(=O)c2c(ncn2C)n(C)c1=O. The van der Waals surface area contributed by atoms with Crippen molar-refractivity contribution in [2.45, 2.75) is 0 Å². The van der Waals surface area contributed by atoms with Crippen LogP contribution in [0.15, 0.2) is 69.4 Å². The average Bonchev–Trinajstić information content (AvgIpc) is 3.18. The van der Waals surface area contributed by atoms with Crippen molar-refractivity contribution in [3.63, 3.8) is 0 Å². The van der Waals surface area contributed by atoms with Gasteiger partial charge in [-0.25, -0.2) is 9.78 Å². The first kappa shape index (κ1) is 23.2. The van der Waals surface area contributed by atoms with Gasteiger partial charge in [0.1, 0.15) is 6.54 Å². The minimum absolute atomic E-state index is 0.0282. The molecule has 0 N–H and O–H groups in total. The molecule has 5 rings (SSSR count). The van der Waals surface area contributed by atoms with Crippen molar-refractivity contribution in [3.05, 3.63) is 91.8 Å². The number of hydrogen-bond acceptors (Lipinski definition) is 5. The lowest BCUT2D eigenvalue weighted by molar-refractivity contribution is -0.116. The molecule has 0 saturated carbocycles. The van der Waals surface area contributed by atoms with E-state index in [1.54, 1.807) is 36.7 Å². The Morgan fingerprint density at radius 3 is 2.32 bits per heavy atom. The normalized spacial score (nSPS) is 13.1. The summed E-state index contributed by atoms with van der Waals surface area (Å²) in [5.74, 6) is -0.0282. The van der Waals surface area contributed by atoms with E-state index in [-0.39, 0.29) is 23.7 Å². The van der Waals surface area contributed by atoms with Gasteiger partial charge in [-0.05, 0) is 18.2 Å². The highest BCUT2D eigenvalue weighted by Gasteiger charge is 2.22. The number of nitrogens with zero attached hydrogens (tertiary/aromatic N) is 6. The van der Waals surface area contributed by atoms with Crippen LogP contribution < -0.4 is 16.1 Å². The number of rotatable bonds is 1. The molecule has 0 saturated heterocycles. The first-order chi connectivity index (χ1) is 16.2. The van der Waals surface area contributed by atoms with Gasteiger partial charge in [-0.2, -0.15) is 0 Å². The number of imidazole rings is 1. The molecular formula is C24H23ClN6O3. The summed E-state index contributed by atoms with van der Waals surface area (Å²) in [6.07, 6.45) is 1.52. The molecule has 0 atom stereocenters. The smallest absolute Gasteiger partial charge is 0.328 e. The van der Waals surface area contributed by atoms with Crippen LogP contribution in [0.4, 0.5) is 5.69 Å². The molecule has 2 aromatic heterocycles. The van der Waals surface area contributed by atoms with Crippen molar-refractivity contribution in [3.8, 4) is 0 Å². The van der Waals surface area contributed by atoms with Crippen LogP contribution in [0.25, 0.3) is 11.2 Å². The summed E-state index contributed by atoms with van der Waals surface area (Å²) >= 11 is 6.11. The lowest BCUT2D eigenvalue weighted by atomic mass is 10.0. The van der Waals surface area contributed by atoms with Gasteiger partial charge in [0.25, 0.3) is 5.56 Å². The zero-order chi connectivity index (χ0) is 24.6. The van der Waals surface area contributed by atoms with Crippen molar-refractivity contribution < 1.29 is 4.79 Å². The highest BCUT2D eigenvalue weighted by molar-refractivity contribution is 6.32. The number of hydrogen-bond donors (Lipinski definition) is 0. The number of amides is 1. The topological polar surface area (TPSA) is 94.5 Å². The zero-order valence-corrected chi connectivity index (χ0v) is 19.9. The molecule has 0 unspecified atom stereocenters. The monoisotopic (exact) mass is 478 g/mol. The predicted octanol–water partition coefficient (Wildman–Crippen LogP) is 2.12. The molecule has 0 fully saturated rings. The molecule has 4 aromatic rings. The van der Waals surface area contributed by atoms with Crippen molar-refractivity contribution in [1.29, 1.82) is 0 Å². The summed E-state index contributed by atoms with van der Waals surface area (Å²) in [4.78, 5) is 45.3. The molecule has 0 radical (unpaired) electrons. The second-order valence-electron chi connectivity index (χ2n) is 7.88. The van der Waals surface area contributed by atoms with Crippen LogP contribution in [-0.4, -0.2) is 43.9 Å². The Balaban J connectivity index is 0.000000172. The second kappa shape index (κ2) is 9.11. The Bertz CT molecular complexity index is 1550. The first-order valence-electron chi connectivity index (χ1n) is 10.4. The third-order valence-corrected chi connectivity index (χ3v) is 5.92. The van der Waals surface area contributed by atoms with Gasteiger partial charge >= 0.3 is 5.69 Å². The molecule has 2 aromatic carbocycles. The van der Waals surface area contributed by atoms with E-state index in [4.69, 9.17) is 11.6 Å². The van der Waals surface area contributed by atoms with Crippen LogP contribution in [0, 0.1) is 0 Å². The average molecular weight is 479 g/mol. The van der Waals surface area contributed by atoms with Crippen LogP contribution in [0.5, 0.6) is 0 Å². The van der Waals surface area contributed by atoms with Gasteiger partial charge in [-0.3, -0.25) is 23.7 Å².